The standard InChI is InChI=1S/C20H28N2O2S2/c23-19(11-5-4-10-18-12-14-25-26-18)22-13-6-7-16(15-22)20(24)21-17-8-2-1-3-9-17/h1-3,8-9,16,18H,4-7,10-15H2,(H,21,24). The van der Waals surface area contributed by atoms with E-state index in [4.69, 9.17) is 0 Å². The average molecular weight is 393 g/mol. The van der Waals surface area contributed by atoms with Crippen molar-refractivity contribution < 1.29 is 9.59 Å². The van der Waals surface area contributed by atoms with E-state index < -0.39 is 0 Å². The quantitative estimate of drug-likeness (QED) is 0.545. The first-order valence-electron chi connectivity index (χ1n) is 9.64. The molecule has 0 aromatic heterocycles. The highest BCUT2D eigenvalue weighted by atomic mass is 33.1. The summed E-state index contributed by atoms with van der Waals surface area (Å²) in [6, 6.07) is 9.54. The number of hydrogen-bond acceptors (Lipinski definition) is 4. The number of amides is 2. The van der Waals surface area contributed by atoms with Crippen molar-refractivity contribution >= 4 is 39.1 Å². The van der Waals surface area contributed by atoms with Crippen molar-refractivity contribution in [2.24, 2.45) is 5.92 Å². The van der Waals surface area contributed by atoms with Crippen molar-refractivity contribution in [3.8, 4) is 0 Å². The summed E-state index contributed by atoms with van der Waals surface area (Å²) in [5.41, 5.74) is 0.823. The van der Waals surface area contributed by atoms with Crippen molar-refractivity contribution in [3.05, 3.63) is 30.3 Å². The Kier molecular flexibility index (Phi) is 7.74. The van der Waals surface area contributed by atoms with E-state index in [0.717, 1.165) is 43.2 Å². The third kappa shape index (κ3) is 5.95. The van der Waals surface area contributed by atoms with Gasteiger partial charge in [-0.15, -0.1) is 0 Å². The first kappa shape index (κ1) is 19.6. The van der Waals surface area contributed by atoms with Gasteiger partial charge in [-0.2, -0.15) is 0 Å². The van der Waals surface area contributed by atoms with Crippen molar-refractivity contribution in [3.63, 3.8) is 0 Å². The summed E-state index contributed by atoms with van der Waals surface area (Å²) in [7, 11) is 3.99. The lowest BCUT2D eigenvalue weighted by Crippen LogP contribution is -2.43. The molecule has 2 amide bonds. The van der Waals surface area contributed by atoms with Gasteiger partial charge in [0.15, 0.2) is 0 Å². The first-order valence-corrected chi connectivity index (χ1v) is 12.0. The Bertz CT molecular complexity index is 591. The van der Waals surface area contributed by atoms with Gasteiger partial charge in [0, 0.05) is 36.2 Å². The smallest absolute Gasteiger partial charge is 0.229 e. The fourth-order valence-corrected chi connectivity index (χ4v) is 6.58. The zero-order chi connectivity index (χ0) is 18.2. The van der Waals surface area contributed by atoms with E-state index in [1.54, 1.807) is 0 Å². The van der Waals surface area contributed by atoms with Gasteiger partial charge in [-0.3, -0.25) is 9.59 Å². The predicted molar refractivity (Wildman–Crippen MR) is 111 cm³/mol. The van der Waals surface area contributed by atoms with Crippen LogP contribution in [0.15, 0.2) is 30.3 Å². The van der Waals surface area contributed by atoms with Crippen LogP contribution in [-0.2, 0) is 9.59 Å². The number of carbonyl (C=O) groups is 2. The van der Waals surface area contributed by atoms with Crippen molar-refractivity contribution in [2.75, 3.05) is 24.2 Å². The molecule has 1 aromatic carbocycles. The number of hydrogen-bond donors (Lipinski definition) is 1. The second-order valence-electron chi connectivity index (χ2n) is 7.11. The zero-order valence-electron chi connectivity index (χ0n) is 15.2. The van der Waals surface area contributed by atoms with Crippen LogP contribution in [-0.4, -0.2) is 40.8 Å². The van der Waals surface area contributed by atoms with Gasteiger partial charge < -0.3 is 10.2 Å². The average Bonchev–Trinajstić information content (AvgIpc) is 3.19. The minimum atomic E-state index is -0.0974. The zero-order valence-corrected chi connectivity index (χ0v) is 16.8. The molecule has 0 aliphatic carbocycles. The molecule has 6 heteroatoms. The second kappa shape index (κ2) is 10.3. The molecule has 0 radical (unpaired) electrons. The monoisotopic (exact) mass is 392 g/mol. The molecule has 2 aliphatic heterocycles. The molecule has 2 atom stereocenters. The maximum Gasteiger partial charge on any atom is 0.229 e. The van der Waals surface area contributed by atoms with Gasteiger partial charge in [-0.25, -0.2) is 0 Å². The lowest BCUT2D eigenvalue weighted by atomic mass is 9.96. The van der Waals surface area contributed by atoms with Gasteiger partial charge in [0.2, 0.25) is 11.8 Å². The van der Waals surface area contributed by atoms with E-state index in [-0.39, 0.29) is 17.7 Å². The molecule has 1 aromatic rings. The first-order chi connectivity index (χ1) is 12.7. The lowest BCUT2D eigenvalue weighted by Gasteiger charge is -2.32. The number of nitrogens with one attached hydrogen (secondary N) is 1. The summed E-state index contributed by atoms with van der Waals surface area (Å²) in [6.07, 6.45) is 7.04. The molecule has 0 saturated carbocycles. The Morgan fingerprint density at radius 2 is 2.00 bits per heavy atom. The number of rotatable bonds is 7. The van der Waals surface area contributed by atoms with Crippen LogP contribution >= 0.6 is 21.6 Å². The maximum absolute atomic E-state index is 12.5. The Morgan fingerprint density at radius 3 is 2.77 bits per heavy atom. The van der Waals surface area contributed by atoms with Gasteiger partial charge in [0.1, 0.15) is 0 Å². The van der Waals surface area contributed by atoms with Gasteiger partial charge in [0.25, 0.3) is 0 Å². The summed E-state index contributed by atoms with van der Waals surface area (Å²) in [4.78, 5) is 26.9. The van der Waals surface area contributed by atoms with E-state index >= 15 is 0 Å². The third-order valence-corrected chi connectivity index (χ3v) is 8.09. The summed E-state index contributed by atoms with van der Waals surface area (Å²) in [5.74, 6) is 1.43. The van der Waals surface area contributed by atoms with Crippen molar-refractivity contribution in [1.29, 1.82) is 0 Å². The van der Waals surface area contributed by atoms with Gasteiger partial charge >= 0.3 is 0 Å². The fourth-order valence-electron chi connectivity index (χ4n) is 3.55. The minimum Gasteiger partial charge on any atom is -0.342 e. The summed E-state index contributed by atoms with van der Waals surface area (Å²) in [5, 5.41) is 3.76. The molecule has 3 rings (SSSR count). The second-order valence-corrected chi connectivity index (χ2v) is 9.90. The van der Waals surface area contributed by atoms with Crippen LogP contribution in [0, 0.1) is 5.92 Å². The SMILES string of the molecule is O=C(Nc1ccccc1)C1CCCN(C(=O)CCCCC2CCSS2)C1. The highest BCUT2D eigenvalue weighted by Crippen LogP contribution is 2.39. The number of anilines is 1. The molecule has 2 heterocycles. The molecule has 2 saturated heterocycles. The molecular formula is C20H28N2O2S2. The summed E-state index contributed by atoms with van der Waals surface area (Å²) >= 11 is 0. The van der Waals surface area contributed by atoms with E-state index in [2.05, 4.69) is 5.32 Å². The Hall–Kier alpha value is -1.14. The van der Waals surface area contributed by atoms with Crippen LogP contribution < -0.4 is 5.32 Å². The number of para-hydroxylation sites is 1. The Balaban J connectivity index is 1.39. The lowest BCUT2D eigenvalue weighted by molar-refractivity contribution is -0.134. The normalized spacial score (nSPS) is 23.0. The highest BCUT2D eigenvalue weighted by Gasteiger charge is 2.28. The van der Waals surface area contributed by atoms with Crippen LogP contribution in [0.4, 0.5) is 5.69 Å². The molecule has 2 fully saturated rings. The van der Waals surface area contributed by atoms with Gasteiger partial charge in [-0.1, -0.05) is 46.2 Å². The summed E-state index contributed by atoms with van der Waals surface area (Å²) < 4.78 is 0. The molecule has 1 N–H and O–H groups in total. The molecule has 0 spiro atoms. The van der Waals surface area contributed by atoms with Gasteiger partial charge in [0.05, 0.1) is 5.92 Å². The highest BCUT2D eigenvalue weighted by molar-refractivity contribution is 8.77. The molecule has 2 unspecified atom stereocenters. The van der Waals surface area contributed by atoms with E-state index in [1.165, 1.54) is 18.6 Å². The number of unbranched alkanes of at least 4 members (excludes halogenated alkanes) is 1. The number of likely N-dealkylation sites (tertiary alicyclic amines) is 1. The van der Waals surface area contributed by atoms with Gasteiger partial charge in [-0.05, 0) is 44.2 Å². The van der Waals surface area contributed by atoms with E-state index in [9.17, 15) is 9.59 Å². The molecule has 0 bridgehead atoms. The minimum absolute atomic E-state index is 0.0319. The van der Waals surface area contributed by atoms with Crippen LogP contribution in [0.3, 0.4) is 0 Å². The number of carbonyl (C=O) groups excluding carboxylic acids is 2. The van der Waals surface area contributed by atoms with Crippen molar-refractivity contribution in [2.45, 2.75) is 50.2 Å². The molecule has 142 valence electrons. The number of piperidine rings is 1. The topological polar surface area (TPSA) is 49.4 Å². The van der Waals surface area contributed by atoms with Crippen LogP contribution in [0.1, 0.15) is 44.9 Å². The number of benzene rings is 1. The van der Waals surface area contributed by atoms with Crippen molar-refractivity contribution in [1.82, 2.24) is 4.90 Å². The largest absolute Gasteiger partial charge is 0.342 e. The Labute approximate surface area is 164 Å². The molecule has 26 heavy (non-hydrogen) atoms. The molecular weight excluding hydrogens is 364 g/mol. The van der Waals surface area contributed by atoms with Crippen LogP contribution in [0.25, 0.3) is 0 Å². The molecule has 2 aliphatic rings. The van der Waals surface area contributed by atoms with E-state index in [1.807, 2.05) is 56.8 Å². The third-order valence-electron chi connectivity index (χ3n) is 5.08. The van der Waals surface area contributed by atoms with E-state index in [0.29, 0.717) is 13.0 Å². The Morgan fingerprint density at radius 1 is 1.15 bits per heavy atom. The predicted octanol–water partition coefficient (Wildman–Crippen LogP) is 4.58. The van der Waals surface area contributed by atoms with Crippen LogP contribution in [0.5, 0.6) is 0 Å². The fraction of sp³-hybridized carbons (Fsp3) is 0.600. The summed E-state index contributed by atoms with van der Waals surface area (Å²) in [6.45, 7) is 1.36. The maximum atomic E-state index is 12.5. The molecule has 4 nitrogen and oxygen atoms in total. The van der Waals surface area contributed by atoms with Crippen LogP contribution in [0.2, 0.25) is 0 Å². The number of nitrogens with zero attached hydrogens (tertiary/aromatic N) is 1.